The third-order valence-corrected chi connectivity index (χ3v) is 3.52. The number of carbonyl (C=O) groups excluding carboxylic acids is 1. The van der Waals surface area contributed by atoms with E-state index in [2.05, 4.69) is 9.73 Å². The van der Waals surface area contributed by atoms with Crippen LogP contribution in [0.4, 0.5) is 8.78 Å². The first kappa shape index (κ1) is 16.8. The standard InChI is InChI=1S/C19H15F2NO3/c1-11-7-12(2)9-14(8-11)17-22-15(18(23)25-17)10-13-5-3-4-6-16(13)24-19(20)21/h3-10,19H,1-2H3/b15-10-. The minimum Gasteiger partial charge on any atom is -0.434 e. The molecule has 4 nitrogen and oxygen atoms in total. The van der Waals surface area contributed by atoms with Crippen molar-refractivity contribution in [2.24, 2.45) is 4.99 Å². The van der Waals surface area contributed by atoms with Crippen molar-refractivity contribution in [1.29, 1.82) is 0 Å². The quantitative estimate of drug-likeness (QED) is 0.616. The van der Waals surface area contributed by atoms with Crippen LogP contribution in [0.25, 0.3) is 6.08 Å². The van der Waals surface area contributed by atoms with E-state index in [1.54, 1.807) is 18.2 Å². The maximum atomic E-state index is 12.5. The van der Waals surface area contributed by atoms with Gasteiger partial charge in [-0.3, -0.25) is 0 Å². The van der Waals surface area contributed by atoms with Gasteiger partial charge >= 0.3 is 12.6 Å². The van der Waals surface area contributed by atoms with Crippen LogP contribution in [-0.4, -0.2) is 18.5 Å². The lowest BCUT2D eigenvalue weighted by atomic mass is 10.1. The lowest BCUT2D eigenvalue weighted by Gasteiger charge is -2.07. The molecule has 0 saturated carbocycles. The number of cyclic esters (lactones) is 1. The van der Waals surface area contributed by atoms with Crippen LogP contribution in [0, 0.1) is 13.8 Å². The summed E-state index contributed by atoms with van der Waals surface area (Å²) in [6, 6.07) is 11.9. The van der Waals surface area contributed by atoms with Crippen LogP contribution in [0.3, 0.4) is 0 Å². The van der Waals surface area contributed by atoms with Gasteiger partial charge in [0.05, 0.1) is 0 Å². The zero-order chi connectivity index (χ0) is 18.0. The number of nitrogens with zero attached hydrogens (tertiary/aromatic N) is 1. The van der Waals surface area contributed by atoms with E-state index in [9.17, 15) is 13.6 Å². The van der Waals surface area contributed by atoms with Crippen molar-refractivity contribution < 1.29 is 23.0 Å². The zero-order valence-corrected chi connectivity index (χ0v) is 13.6. The topological polar surface area (TPSA) is 47.9 Å². The molecule has 2 aromatic rings. The number of hydrogen-bond donors (Lipinski definition) is 0. The average Bonchev–Trinajstić information content (AvgIpc) is 2.89. The Balaban J connectivity index is 1.97. The number of halogens is 2. The summed E-state index contributed by atoms with van der Waals surface area (Å²) in [6.07, 6.45) is 1.37. The number of aliphatic imine (C=N–C) groups is 1. The van der Waals surface area contributed by atoms with Crippen molar-refractivity contribution >= 4 is 17.9 Å². The number of aryl methyl sites for hydroxylation is 2. The number of carbonyl (C=O) groups is 1. The Kier molecular flexibility index (Phi) is 4.61. The molecule has 0 atom stereocenters. The molecule has 0 radical (unpaired) electrons. The molecule has 128 valence electrons. The summed E-state index contributed by atoms with van der Waals surface area (Å²) in [6.45, 7) is 0.912. The molecule has 0 unspecified atom stereocenters. The molecule has 6 heteroatoms. The molecule has 0 spiro atoms. The van der Waals surface area contributed by atoms with E-state index in [1.807, 2.05) is 32.0 Å². The van der Waals surface area contributed by atoms with E-state index in [-0.39, 0.29) is 17.3 Å². The van der Waals surface area contributed by atoms with Crippen molar-refractivity contribution in [3.8, 4) is 5.75 Å². The van der Waals surface area contributed by atoms with Gasteiger partial charge in [0.2, 0.25) is 5.90 Å². The van der Waals surface area contributed by atoms with Crippen molar-refractivity contribution in [2.45, 2.75) is 20.5 Å². The summed E-state index contributed by atoms with van der Waals surface area (Å²) >= 11 is 0. The minimum atomic E-state index is -2.95. The summed E-state index contributed by atoms with van der Waals surface area (Å²) in [5, 5.41) is 0. The molecule has 1 aliphatic heterocycles. The molecular weight excluding hydrogens is 328 g/mol. The van der Waals surface area contributed by atoms with Gasteiger partial charge in [0.1, 0.15) is 5.75 Å². The normalized spacial score (nSPS) is 15.5. The van der Waals surface area contributed by atoms with Gasteiger partial charge in [0.25, 0.3) is 0 Å². The average molecular weight is 343 g/mol. The van der Waals surface area contributed by atoms with Gasteiger partial charge in [-0.15, -0.1) is 0 Å². The SMILES string of the molecule is Cc1cc(C)cc(C2=N/C(=C\c3ccccc3OC(F)F)C(=O)O2)c1. The highest BCUT2D eigenvalue weighted by molar-refractivity contribution is 6.13. The maximum Gasteiger partial charge on any atom is 0.387 e. The van der Waals surface area contributed by atoms with E-state index in [0.29, 0.717) is 11.1 Å². The largest absolute Gasteiger partial charge is 0.434 e. The fourth-order valence-electron chi connectivity index (χ4n) is 2.58. The Labute approximate surface area is 143 Å². The Bertz CT molecular complexity index is 868. The highest BCUT2D eigenvalue weighted by Crippen LogP contribution is 2.26. The van der Waals surface area contributed by atoms with Gasteiger partial charge in [-0.2, -0.15) is 8.78 Å². The molecule has 0 N–H and O–H groups in total. The number of esters is 1. The van der Waals surface area contributed by atoms with Crippen LogP contribution in [0.5, 0.6) is 5.75 Å². The van der Waals surface area contributed by atoms with E-state index in [4.69, 9.17) is 4.74 Å². The third kappa shape index (κ3) is 3.91. The van der Waals surface area contributed by atoms with Crippen LogP contribution in [0.1, 0.15) is 22.3 Å². The molecule has 0 amide bonds. The molecule has 1 heterocycles. The van der Waals surface area contributed by atoms with Crippen LogP contribution in [0.2, 0.25) is 0 Å². The maximum absolute atomic E-state index is 12.5. The van der Waals surface area contributed by atoms with Crippen LogP contribution < -0.4 is 4.74 Å². The molecule has 0 bridgehead atoms. The van der Waals surface area contributed by atoms with Crippen molar-refractivity contribution in [1.82, 2.24) is 0 Å². The van der Waals surface area contributed by atoms with Crippen molar-refractivity contribution in [3.63, 3.8) is 0 Å². The highest BCUT2D eigenvalue weighted by Gasteiger charge is 2.25. The molecule has 2 aromatic carbocycles. The van der Waals surface area contributed by atoms with Gasteiger partial charge in [-0.25, -0.2) is 9.79 Å². The third-order valence-electron chi connectivity index (χ3n) is 3.52. The van der Waals surface area contributed by atoms with Gasteiger partial charge in [0.15, 0.2) is 5.70 Å². The number of hydrogen-bond acceptors (Lipinski definition) is 4. The Morgan fingerprint density at radius 1 is 1.12 bits per heavy atom. The number of ether oxygens (including phenoxy) is 2. The highest BCUT2D eigenvalue weighted by atomic mass is 19.3. The predicted molar refractivity (Wildman–Crippen MR) is 89.6 cm³/mol. The summed E-state index contributed by atoms with van der Waals surface area (Å²) in [7, 11) is 0. The van der Waals surface area contributed by atoms with Crippen LogP contribution in [-0.2, 0) is 9.53 Å². The second kappa shape index (κ2) is 6.84. The summed E-state index contributed by atoms with van der Waals surface area (Å²) in [5.41, 5.74) is 3.06. The first-order chi connectivity index (χ1) is 11.9. The second-order valence-corrected chi connectivity index (χ2v) is 5.63. The summed E-state index contributed by atoms with van der Waals surface area (Å²) in [5.74, 6) is -0.482. The molecule has 3 rings (SSSR count). The molecular formula is C19H15F2NO3. The Hall–Kier alpha value is -3.02. The fraction of sp³-hybridized carbons (Fsp3) is 0.158. The lowest BCUT2D eigenvalue weighted by molar-refractivity contribution is -0.129. The molecule has 0 saturated heterocycles. The van der Waals surface area contributed by atoms with Gasteiger partial charge in [-0.1, -0.05) is 35.4 Å². The zero-order valence-electron chi connectivity index (χ0n) is 13.6. The lowest BCUT2D eigenvalue weighted by Crippen LogP contribution is -2.06. The molecule has 0 fully saturated rings. The number of rotatable bonds is 4. The van der Waals surface area contributed by atoms with E-state index in [0.717, 1.165) is 11.1 Å². The Morgan fingerprint density at radius 2 is 1.80 bits per heavy atom. The van der Waals surface area contributed by atoms with Crippen molar-refractivity contribution in [2.75, 3.05) is 0 Å². The summed E-state index contributed by atoms with van der Waals surface area (Å²) < 4.78 is 34.6. The number of alkyl halides is 2. The molecule has 0 aliphatic carbocycles. The number of benzene rings is 2. The van der Waals surface area contributed by atoms with Gasteiger partial charge in [0, 0.05) is 11.1 Å². The van der Waals surface area contributed by atoms with Gasteiger partial charge < -0.3 is 9.47 Å². The van der Waals surface area contributed by atoms with Crippen LogP contribution >= 0.6 is 0 Å². The first-order valence-electron chi connectivity index (χ1n) is 7.57. The minimum absolute atomic E-state index is 0.0273. The molecule has 0 aromatic heterocycles. The second-order valence-electron chi connectivity index (χ2n) is 5.63. The van der Waals surface area contributed by atoms with Crippen LogP contribution in [0.15, 0.2) is 53.2 Å². The predicted octanol–water partition coefficient (Wildman–Crippen LogP) is 4.25. The van der Waals surface area contributed by atoms with E-state index in [1.165, 1.54) is 12.1 Å². The first-order valence-corrected chi connectivity index (χ1v) is 7.57. The van der Waals surface area contributed by atoms with E-state index >= 15 is 0 Å². The fourth-order valence-corrected chi connectivity index (χ4v) is 2.58. The monoisotopic (exact) mass is 343 g/mol. The van der Waals surface area contributed by atoms with Crippen molar-refractivity contribution in [3.05, 3.63) is 70.4 Å². The van der Waals surface area contributed by atoms with E-state index < -0.39 is 12.6 Å². The number of para-hydroxylation sites is 1. The molecule has 25 heavy (non-hydrogen) atoms. The smallest absolute Gasteiger partial charge is 0.387 e. The van der Waals surface area contributed by atoms with Gasteiger partial charge in [-0.05, 0) is 38.1 Å². The summed E-state index contributed by atoms with van der Waals surface area (Å²) in [4.78, 5) is 16.3. The Morgan fingerprint density at radius 3 is 2.48 bits per heavy atom. The molecule has 1 aliphatic rings.